The zero-order valence-electron chi connectivity index (χ0n) is 16.7. The highest BCUT2D eigenvalue weighted by molar-refractivity contribution is 5.99. The average molecular weight is 401 g/mol. The van der Waals surface area contributed by atoms with Crippen LogP contribution in [0.2, 0.25) is 0 Å². The number of ether oxygens (including phenoxy) is 1. The normalized spacial score (nSPS) is 12.2. The summed E-state index contributed by atoms with van der Waals surface area (Å²) >= 11 is 0. The van der Waals surface area contributed by atoms with E-state index in [-0.39, 0.29) is 23.8 Å². The van der Waals surface area contributed by atoms with E-state index < -0.39 is 12.1 Å². The Hall–Kier alpha value is -3.60. The molecule has 0 aromatic heterocycles. The number of carbonyl (C=O) groups is 2. The minimum atomic E-state index is -1.08. The summed E-state index contributed by atoms with van der Waals surface area (Å²) in [5.41, 5.74) is 5.79. The first-order valence-electron chi connectivity index (χ1n) is 10.1. The summed E-state index contributed by atoms with van der Waals surface area (Å²) in [6, 6.07) is 21.3. The van der Waals surface area contributed by atoms with Crippen LogP contribution in [-0.4, -0.2) is 23.8 Å². The van der Waals surface area contributed by atoms with Gasteiger partial charge in [-0.1, -0.05) is 67.9 Å². The Morgan fingerprint density at radius 1 is 0.967 bits per heavy atom. The summed E-state index contributed by atoms with van der Waals surface area (Å²) in [4.78, 5) is 24.1. The largest absolute Gasteiger partial charge is 0.478 e. The molecule has 0 bridgehead atoms. The van der Waals surface area contributed by atoms with Crippen LogP contribution in [0.4, 0.5) is 10.5 Å². The molecule has 3 aromatic carbocycles. The Balaban J connectivity index is 1.49. The van der Waals surface area contributed by atoms with E-state index in [2.05, 4.69) is 29.6 Å². The molecule has 1 aliphatic carbocycles. The highest BCUT2D eigenvalue weighted by Gasteiger charge is 2.29. The SMILES string of the molecule is CCCc1ccc(NC(=O)OCC2c3ccccc3-c3ccccc32)c(C(=O)O)c1. The van der Waals surface area contributed by atoms with Gasteiger partial charge in [0.2, 0.25) is 0 Å². The average Bonchev–Trinajstić information content (AvgIpc) is 3.07. The van der Waals surface area contributed by atoms with Crippen molar-refractivity contribution in [2.24, 2.45) is 0 Å². The third-order valence-corrected chi connectivity index (χ3v) is 5.43. The summed E-state index contributed by atoms with van der Waals surface area (Å²) in [5, 5.41) is 12.1. The molecular formula is C25H23NO4. The molecule has 0 spiro atoms. The van der Waals surface area contributed by atoms with Gasteiger partial charge in [0.05, 0.1) is 11.3 Å². The van der Waals surface area contributed by atoms with Crippen LogP contribution in [0.15, 0.2) is 66.7 Å². The van der Waals surface area contributed by atoms with Crippen LogP contribution in [-0.2, 0) is 11.2 Å². The van der Waals surface area contributed by atoms with Crippen LogP contribution < -0.4 is 5.32 Å². The summed E-state index contributed by atoms with van der Waals surface area (Å²) in [7, 11) is 0. The molecule has 3 aromatic rings. The van der Waals surface area contributed by atoms with E-state index in [9.17, 15) is 14.7 Å². The number of fused-ring (bicyclic) bond motifs is 3. The number of aryl methyl sites for hydroxylation is 1. The van der Waals surface area contributed by atoms with Crippen LogP contribution in [0.5, 0.6) is 0 Å². The maximum absolute atomic E-state index is 12.5. The summed E-state index contributed by atoms with van der Waals surface area (Å²) in [6.45, 7) is 2.21. The van der Waals surface area contributed by atoms with Gasteiger partial charge in [0.1, 0.15) is 6.61 Å². The number of amides is 1. The number of nitrogens with one attached hydrogen (secondary N) is 1. The fraction of sp³-hybridized carbons (Fsp3) is 0.200. The van der Waals surface area contributed by atoms with E-state index in [4.69, 9.17) is 4.74 Å². The number of carboxylic acids is 1. The van der Waals surface area contributed by atoms with Crippen LogP contribution in [0.1, 0.15) is 46.3 Å². The van der Waals surface area contributed by atoms with Gasteiger partial charge in [0, 0.05) is 5.92 Å². The highest BCUT2D eigenvalue weighted by Crippen LogP contribution is 2.44. The fourth-order valence-electron chi connectivity index (χ4n) is 4.07. The monoisotopic (exact) mass is 401 g/mol. The molecule has 1 amide bonds. The molecule has 0 heterocycles. The Kier molecular flexibility index (Phi) is 5.53. The van der Waals surface area contributed by atoms with Gasteiger partial charge in [-0.15, -0.1) is 0 Å². The minimum absolute atomic E-state index is 0.0472. The quantitative estimate of drug-likeness (QED) is 0.556. The Morgan fingerprint density at radius 3 is 2.20 bits per heavy atom. The number of benzene rings is 3. The van der Waals surface area contributed by atoms with E-state index in [0.29, 0.717) is 0 Å². The first-order chi connectivity index (χ1) is 14.6. The van der Waals surface area contributed by atoms with Crippen molar-refractivity contribution in [3.8, 4) is 11.1 Å². The van der Waals surface area contributed by atoms with Crippen molar-refractivity contribution >= 4 is 17.7 Å². The third-order valence-electron chi connectivity index (χ3n) is 5.43. The Labute approximate surface area is 175 Å². The van der Waals surface area contributed by atoms with E-state index >= 15 is 0 Å². The van der Waals surface area contributed by atoms with Gasteiger partial charge in [-0.25, -0.2) is 9.59 Å². The van der Waals surface area contributed by atoms with E-state index in [1.807, 2.05) is 37.3 Å². The lowest BCUT2D eigenvalue weighted by Crippen LogP contribution is -2.19. The molecule has 0 aliphatic heterocycles. The van der Waals surface area contributed by atoms with Gasteiger partial charge in [0.25, 0.3) is 0 Å². The topological polar surface area (TPSA) is 75.6 Å². The van der Waals surface area contributed by atoms with Gasteiger partial charge in [-0.05, 0) is 46.4 Å². The predicted octanol–water partition coefficient (Wildman–Crippen LogP) is 5.70. The number of hydrogen-bond donors (Lipinski definition) is 2. The van der Waals surface area contributed by atoms with Crippen molar-refractivity contribution in [3.63, 3.8) is 0 Å². The summed E-state index contributed by atoms with van der Waals surface area (Å²) < 4.78 is 5.51. The number of aromatic carboxylic acids is 1. The first-order valence-corrected chi connectivity index (χ1v) is 10.1. The molecule has 152 valence electrons. The number of anilines is 1. The van der Waals surface area contributed by atoms with E-state index in [1.54, 1.807) is 12.1 Å². The van der Waals surface area contributed by atoms with Crippen molar-refractivity contribution in [2.45, 2.75) is 25.7 Å². The first kappa shape index (κ1) is 19.7. The van der Waals surface area contributed by atoms with E-state index in [0.717, 1.165) is 40.7 Å². The lowest BCUT2D eigenvalue weighted by molar-refractivity contribution is 0.0698. The van der Waals surface area contributed by atoms with Crippen LogP contribution in [0, 0.1) is 0 Å². The highest BCUT2D eigenvalue weighted by atomic mass is 16.5. The van der Waals surface area contributed by atoms with Crippen LogP contribution in [0.3, 0.4) is 0 Å². The minimum Gasteiger partial charge on any atom is -0.478 e. The smallest absolute Gasteiger partial charge is 0.411 e. The lowest BCUT2D eigenvalue weighted by atomic mass is 9.98. The van der Waals surface area contributed by atoms with Crippen LogP contribution in [0.25, 0.3) is 11.1 Å². The van der Waals surface area contributed by atoms with Gasteiger partial charge < -0.3 is 9.84 Å². The summed E-state index contributed by atoms with van der Waals surface area (Å²) in [6.07, 6.45) is 1.03. The second-order valence-corrected chi connectivity index (χ2v) is 7.39. The third kappa shape index (κ3) is 3.79. The van der Waals surface area contributed by atoms with E-state index in [1.165, 1.54) is 0 Å². The molecule has 0 radical (unpaired) electrons. The van der Waals surface area contributed by atoms with Gasteiger partial charge in [0.15, 0.2) is 0 Å². The molecule has 0 atom stereocenters. The number of carbonyl (C=O) groups excluding carboxylic acids is 1. The second-order valence-electron chi connectivity index (χ2n) is 7.39. The van der Waals surface area contributed by atoms with Crippen molar-refractivity contribution < 1.29 is 19.4 Å². The molecule has 0 unspecified atom stereocenters. The second kappa shape index (κ2) is 8.41. The molecule has 4 rings (SSSR count). The predicted molar refractivity (Wildman–Crippen MR) is 116 cm³/mol. The van der Waals surface area contributed by atoms with Crippen molar-refractivity contribution in [1.29, 1.82) is 0 Å². The molecular weight excluding hydrogens is 378 g/mol. The molecule has 5 nitrogen and oxygen atoms in total. The molecule has 30 heavy (non-hydrogen) atoms. The van der Waals surface area contributed by atoms with Gasteiger partial charge >= 0.3 is 12.1 Å². The standard InChI is InChI=1S/C25H23NO4/c1-2-7-16-12-13-23(21(14-16)24(27)28)26-25(29)30-15-22-19-10-5-3-8-17(19)18-9-4-6-11-20(18)22/h3-6,8-14,22H,2,7,15H2,1H3,(H,26,29)(H,27,28). The Bertz CT molecular complexity index is 1060. The molecule has 2 N–H and O–H groups in total. The maximum atomic E-state index is 12.5. The zero-order valence-corrected chi connectivity index (χ0v) is 16.7. The molecule has 5 heteroatoms. The molecule has 0 saturated heterocycles. The number of carboxylic acid groups (broad SMARTS) is 1. The number of rotatable bonds is 6. The van der Waals surface area contributed by atoms with Crippen molar-refractivity contribution in [1.82, 2.24) is 0 Å². The van der Waals surface area contributed by atoms with Crippen molar-refractivity contribution in [2.75, 3.05) is 11.9 Å². The van der Waals surface area contributed by atoms with Gasteiger partial charge in [-0.3, -0.25) is 5.32 Å². The lowest BCUT2D eigenvalue weighted by Gasteiger charge is -2.15. The fourth-order valence-corrected chi connectivity index (χ4v) is 4.07. The number of hydrogen-bond acceptors (Lipinski definition) is 3. The van der Waals surface area contributed by atoms with Gasteiger partial charge in [-0.2, -0.15) is 0 Å². The molecule has 1 aliphatic rings. The Morgan fingerprint density at radius 2 is 1.60 bits per heavy atom. The van der Waals surface area contributed by atoms with Crippen LogP contribution >= 0.6 is 0 Å². The maximum Gasteiger partial charge on any atom is 0.411 e. The summed E-state index contributed by atoms with van der Waals surface area (Å²) in [5.74, 6) is -1.13. The molecule has 0 fully saturated rings. The van der Waals surface area contributed by atoms with Crippen molar-refractivity contribution in [3.05, 3.63) is 89.0 Å². The zero-order chi connectivity index (χ0) is 21.1. The molecule has 0 saturated carbocycles.